The van der Waals surface area contributed by atoms with Crippen LogP contribution in [-0.4, -0.2) is 49.9 Å². The van der Waals surface area contributed by atoms with Crippen LogP contribution in [0.1, 0.15) is 42.0 Å². The lowest BCUT2D eigenvalue weighted by Gasteiger charge is -2.23. The Bertz CT molecular complexity index is 955. The van der Waals surface area contributed by atoms with Crippen LogP contribution >= 0.6 is 0 Å². The monoisotopic (exact) mass is 365 g/mol. The van der Waals surface area contributed by atoms with Gasteiger partial charge in [0.15, 0.2) is 0 Å². The maximum atomic E-state index is 13.2. The lowest BCUT2D eigenvalue weighted by Crippen LogP contribution is -2.32. The molecule has 2 aromatic heterocycles. The van der Waals surface area contributed by atoms with Gasteiger partial charge in [-0.05, 0) is 51.6 Å². The zero-order valence-corrected chi connectivity index (χ0v) is 16.3. The highest BCUT2D eigenvalue weighted by molar-refractivity contribution is 5.98. The van der Waals surface area contributed by atoms with Gasteiger partial charge in [-0.15, -0.1) is 0 Å². The predicted molar refractivity (Wildman–Crippen MR) is 106 cm³/mol. The number of hydrogen-bond donors (Lipinski definition) is 1. The zero-order valence-electron chi connectivity index (χ0n) is 16.3. The molecule has 1 aromatic carbocycles. The molecule has 0 aliphatic carbocycles. The second-order valence-corrected chi connectivity index (χ2v) is 7.70. The van der Waals surface area contributed by atoms with Gasteiger partial charge in [-0.2, -0.15) is 0 Å². The van der Waals surface area contributed by atoms with E-state index in [4.69, 9.17) is 0 Å². The van der Waals surface area contributed by atoms with E-state index < -0.39 is 0 Å². The maximum absolute atomic E-state index is 13.2. The molecule has 0 saturated heterocycles. The minimum Gasteiger partial charge on any atom is -0.361 e. The Hall–Kier alpha value is -2.60. The second-order valence-electron chi connectivity index (χ2n) is 7.70. The van der Waals surface area contributed by atoms with Crippen LogP contribution in [0, 0.1) is 0 Å². The van der Waals surface area contributed by atoms with E-state index in [0.29, 0.717) is 12.6 Å². The highest BCUT2D eigenvalue weighted by atomic mass is 16.2. The number of nitrogens with zero attached hydrogens (tertiary/aromatic N) is 4. The number of aromatic amines is 1. The molecular weight excluding hydrogens is 338 g/mol. The molecule has 0 bridgehead atoms. The average Bonchev–Trinajstić information content (AvgIpc) is 3.21. The van der Waals surface area contributed by atoms with Crippen molar-refractivity contribution in [2.45, 2.75) is 45.9 Å². The third-order valence-corrected chi connectivity index (χ3v) is 5.57. The first kappa shape index (κ1) is 17.8. The quantitative estimate of drug-likeness (QED) is 0.772. The molecule has 1 aliphatic rings. The molecular formula is C21H27N5O. The summed E-state index contributed by atoms with van der Waals surface area (Å²) in [5.41, 5.74) is 4.04. The van der Waals surface area contributed by atoms with Gasteiger partial charge in [-0.3, -0.25) is 9.69 Å². The third kappa shape index (κ3) is 3.49. The van der Waals surface area contributed by atoms with E-state index in [2.05, 4.69) is 40.3 Å². The van der Waals surface area contributed by atoms with E-state index in [1.165, 1.54) is 0 Å². The van der Waals surface area contributed by atoms with Crippen LogP contribution in [0.4, 0.5) is 0 Å². The molecule has 1 aliphatic heterocycles. The highest BCUT2D eigenvalue weighted by Gasteiger charge is 2.24. The number of amides is 1. The van der Waals surface area contributed by atoms with Gasteiger partial charge in [0, 0.05) is 48.3 Å². The molecule has 6 heteroatoms. The van der Waals surface area contributed by atoms with Crippen molar-refractivity contribution in [2.75, 3.05) is 13.6 Å². The van der Waals surface area contributed by atoms with E-state index in [-0.39, 0.29) is 5.91 Å². The maximum Gasteiger partial charge on any atom is 0.254 e. The summed E-state index contributed by atoms with van der Waals surface area (Å²) in [4.78, 5) is 25.2. The lowest BCUT2D eigenvalue weighted by molar-refractivity contribution is 0.0745. The van der Waals surface area contributed by atoms with E-state index in [0.717, 1.165) is 53.9 Å². The summed E-state index contributed by atoms with van der Waals surface area (Å²) >= 11 is 0. The van der Waals surface area contributed by atoms with Crippen molar-refractivity contribution < 1.29 is 4.79 Å². The van der Waals surface area contributed by atoms with Crippen LogP contribution in [0.15, 0.2) is 36.8 Å². The van der Waals surface area contributed by atoms with E-state index in [1.54, 1.807) is 0 Å². The van der Waals surface area contributed by atoms with E-state index >= 15 is 0 Å². The van der Waals surface area contributed by atoms with Crippen LogP contribution in [0.3, 0.4) is 0 Å². The van der Waals surface area contributed by atoms with Gasteiger partial charge >= 0.3 is 0 Å². The van der Waals surface area contributed by atoms with Crippen molar-refractivity contribution in [1.82, 2.24) is 24.3 Å². The van der Waals surface area contributed by atoms with E-state index in [1.807, 2.05) is 41.7 Å². The summed E-state index contributed by atoms with van der Waals surface area (Å²) in [6.07, 6.45) is 4.78. The fourth-order valence-electron chi connectivity index (χ4n) is 3.61. The molecule has 3 heterocycles. The predicted octanol–water partition coefficient (Wildman–Crippen LogP) is 3.25. The van der Waals surface area contributed by atoms with Crippen LogP contribution in [0.25, 0.3) is 10.9 Å². The van der Waals surface area contributed by atoms with Gasteiger partial charge < -0.3 is 14.5 Å². The molecule has 1 amide bonds. The number of benzene rings is 1. The molecule has 3 aromatic rings. The minimum atomic E-state index is 0.0934. The summed E-state index contributed by atoms with van der Waals surface area (Å²) in [6, 6.07) is 8.33. The minimum absolute atomic E-state index is 0.0934. The summed E-state index contributed by atoms with van der Waals surface area (Å²) in [6.45, 7) is 7.46. The molecule has 1 N–H and O–H groups in total. The fourth-order valence-corrected chi connectivity index (χ4v) is 3.61. The highest BCUT2D eigenvalue weighted by Crippen LogP contribution is 2.21. The van der Waals surface area contributed by atoms with Crippen molar-refractivity contribution in [3.05, 3.63) is 53.7 Å². The SMILES string of the molecule is CC(C)N(C)Cc1ncn2c1CN(C(=O)c1ccc3[nH]ccc3c1)CCC2. The van der Waals surface area contributed by atoms with Gasteiger partial charge in [-0.1, -0.05) is 0 Å². The van der Waals surface area contributed by atoms with Gasteiger partial charge in [0.05, 0.1) is 24.3 Å². The molecule has 27 heavy (non-hydrogen) atoms. The van der Waals surface area contributed by atoms with Gasteiger partial charge in [0.25, 0.3) is 5.91 Å². The van der Waals surface area contributed by atoms with Crippen molar-refractivity contribution >= 4 is 16.8 Å². The molecule has 6 nitrogen and oxygen atoms in total. The molecule has 4 rings (SSSR count). The number of H-pyrrole nitrogens is 1. The second kappa shape index (κ2) is 7.19. The summed E-state index contributed by atoms with van der Waals surface area (Å²) in [5.74, 6) is 0.0934. The van der Waals surface area contributed by atoms with Crippen LogP contribution in [-0.2, 0) is 19.6 Å². The number of nitrogens with one attached hydrogen (secondary N) is 1. The number of imidazole rings is 1. The standard InChI is InChI=1S/C21H27N5O/c1-15(2)24(3)12-19-20-13-25(9-4-10-26(20)14-23-19)21(27)17-5-6-18-16(11-17)7-8-22-18/h5-8,11,14-15,22H,4,9-10,12-13H2,1-3H3. The van der Waals surface area contributed by atoms with Gasteiger partial charge in [-0.25, -0.2) is 4.98 Å². The fraction of sp³-hybridized carbons (Fsp3) is 0.429. The first-order valence-corrected chi connectivity index (χ1v) is 9.62. The Morgan fingerprint density at radius 3 is 2.96 bits per heavy atom. The molecule has 0 fully saturated rings. The summed E-state index contributed by atoms with van der Waals surface area (Å²) in [7, 11) is 2.11. The Morgan fingerprint density at radius 1 is 1.30 bits per heavy atom. The van der Waals surface area contributed by atoms with Crippen molar-refractivity contribution in [3.8, 4) is 0 Å². The van der Waals surface area contributed by atoms with Crippen LogP contribution < -0.4 is 0 Å². The van der Waals surface area contributed by atoms with Gasteiger partial charge in [0.2, 0.25) is 0 Å². The van der Waals surface area contributed by atoms with Crippen molar-refractivity contribution in [2.24, 2.45) is 0 Å². The van der Waals surface area contributed by atoms with Crippen LogP contribution in [0.5, 0.6) is 0 Å². The number of rotatable bonds is 4. The zero-order chi connectivity index (χ0) is 19.0. The number of hydrogen-bond acceptors (Lipinski definition) is 3. The molecule has 0 atom stereocenters. The number of aromatic nitrogens is 3. The summed E-state index contributed by atoms with van der Waals surface area (Å²) < 4.78 is 2.21. The lowest BCUT2D eigenvalue weighted by atomic mass is 10.1. The summed E-state index contributed by atoms with van der Waals surface area (Å²) in [5, 5.41) is 1.07. The Balaban J connectivity index is 1.58. The smallest absolute Gasteiger partial charge is 0.254 e. The van der Waals surface area contributed by atoms with Crippen LogP contribution in [0.2, 0.25) is 0 Å². The topological polar surface area (TPSA) is 57.2 Å². The molecule has 0 saturated carbocycles. The Labute approximate surface area is 159 Å². The molecule has 0 radical (unpaired) electrons. The molecule has 0 unspecified atom stereocenters. The largest absolute Gasteiger partial charge is 0.361 e. The normalized spacial score (nSPS) is 14.8. The third-order valence-electron chi connectivity index (χ3n) is 5.57. The van der Waals surface area contributed by atoms with Crippen molar-refractivity contribution in [1.29, 1.82) is 0 Å². The average molecular weight is 365 g/mol. The Kier molecular flexibility index (Phi) is 4.74. The van der Waals surface area contributed by atoms with Gasteiger partial charge in [0.1, 0.15) is 0 Å². The molecule has 0 spiro atoms. The first-order valence-electron chi connectivity index (χ1n) is 9.62. The van der Waals surface area contributed by atoms with Crippen molar-refractivity contribution in [3.63, 3.8) is 0 Å². The molecule has 142 valence electrons. The first-order chi connectivity index (χ1) is 13.0. The van der Waals surface area contributed by atoms with E-state index in [9.17, 15) is 4.79 Å². The number of aryl methyl sites for hydroxylation is 1. The number of fused-ring (bicyclic) bond motifs is 2. The number of carbonyl (C=O) groups excluding carboxylic acids is 1. The number of carbonyl (C=O) groups is 1. The Morgan fingerprint density at radius 2 is 2.15 bits per heavy atom.